The lowest BCUT2D eigenvalue weighted by atomic mass is 10.1. The highest BCUT2D eigenvalue weighted by Crippen LogP contribution is 2.19. The molecule has 5 heteroatoms. The standard InChI is InChI=1S/C15H23ClFNO2/c1-11(2)4-3-7-20-10-13(19)9-18-15-8-12(16)5-6-14(15)17/h5-6,8,11,13,18-19H,3-4,7,9-10H2,1-2H3. The molecular weight excluding hydrogens is 281 g/mol. The first-order valence-corrected chi connectivity index (χ1v) is 7.31. The lowest BCUT2D eigenvalue weighted by Crippen LogP contribution is -2.25. The van der Waals surface area contributed by atoms with E-state index >= 15 is 0 Å². The van der Waals surface area contributed by atoms with E-state index in [-0.39, 0.29) is 24.7 Å². The number of aliphatic hydroxyl groups is 1. The van der Waals surface area contributed by atoms with Crippen LogP contribution >= 0.6 is 11.6 Å². The summed E-state index contributed by atoms with van der Waals surface area (Å²) in [4.78, 5) is 0. The number of anilines is 1. The Morgan fingerprint density at radius 3 is 2.85 bits per heavy atom. The summed E-state index contributed by atoms with van der Waals surface area (Å²) in [5.41, 5.74) is 0.288. The predicted molar refractivity (Wildman–Crippen MR) is 80.8 cm³/mol. The lowest BCUT2D eigenvalue weighted by molar-refractivity contribution is 0.0409. The van der Waals surface area contributed by atoms with E-state index in [0.717, 1.165) is 12.8 Å². The van der Waals surface area contributed by atoms with Crippen LogP contribution in [-0.4, -0.2) is 31.0 Å². The zero-order valence-electron chi connectivity index (χ0n) is 12.0. The third-order valence-electron chi connectivity index (χ3n) is 2.84. The van der Waals surface area contributed by atoms with Gasteiger partial charge in [0.1, 0.15) is 5.82 Å². The van der Waals surface area contributed by atoms with Crippen LogP contribution in [0.3, 0.4) is 0 Å². The molecule has 1 aromatic carbocycles. The van der Waals surface area contributed by atoms with E-state index in [1.807, 2.05) is 0 Å². The molecule has 20 heavy (non-hydrogen) atoms. The summed E-state index contributed by atoms with van der Waals surface area (Å²) < 4.78 is 18.8. The van der Waals surface area contributed by atoms with Gasteiger partial charge >= 0.3 is 0 Å². The maximum Gasteiger partial charge on any atom is 0.146 e. The van der Waals surface area contributed by atoms with Gasteiger partial charge in [-0.1, -0.05) is 25.4 Å². The molecule has 0 radical (unpaired) electrons. The van der Waals surface area contributed by atoms with Crippen LogP contribution in [0.25, 0.3) is 0 Å². The molecular formula is C15H23ClFNO2. The molecule has 1 atom stereocenters. The van der Waals surface area contributed by atoms with Gasteiger partial charge in [0, 0.05) is 18.2 Å². The number of nitrogens with one attached hydrogen (secondary N) is 1. The topological polar surface area (TPSA) is 41.5 Å². The van der Waals surface area contributed by atoms with Crippen molar-refractivity contribution in [3.8, 4) is 0 Å². The van der Waals surface area contributed by atoms with Crippen LogP contribution in [0.1, 0.15) is 26.7 Å². The van der Waals surface area contributed by atoms with Gasteiger partial charge in [0.2, 0.25) is 0 Å². The van der Waals surface area contributed by atoms with Crippen molar-refractivity contribution in [3.63, 3.8) is 0 Å². The third kappa shape index (κ3) is 7.08. The Morgan fingerprint density at radius 2 is 2.15 bits per heavy atom. The van der Waals surface area contributed by atoms with Gasteiger partial charge in [-0.25, -0.2) is 4.39 Å². The van der Waals surface area contributed by atoms with Gasteiger partial charge in [-0.05, 0) is 37.0 Å². The molecule has 0 aromatic heterocycles. The minimum atomic E-state index is -0.674. The summed E-state index contributed by atoms with van der Waals surface area (Å²) in [6.07, 6.45) is 1.43. The third-order valence-corrected chi connectivity index (χ3v) is 3.07. The summed E-state index contributed by atoms with van der Waals surface area (Å²) in [5, 5.41) is 13.0. The summed E-state index contributed by atoms with van der Waals surface area (Å²) in [6.45, 7) is 5.44. The van der Waals surface area contributed by atoms with Gasteiger partial charge in [-0.3, -0.25) is 0 Å². The number of aliphatic hydroxyl groups excluding tert-OH is 1. The largest absolute Gasteiger partial charge is 0.389 e. The van der Waals surface area contributed by atoms with Crippen molar-refractivity contribution in [1.82, 2.24) is 0 Å². The van der Waals surface area contributed by atoms with Gasteiger partial charge in [-0.2, -0.15) is 0 Å². The van der Waals surface area contributed by atoms with Crippen LogP contribution in [0.4, 0.5) is 10.1 Å². The van der Waals surface area contributed by atoms with Crippen LogP contribution in [0, 0.1) is 11.7 Å². The Bertz CT molecular complexity index is 401. The summed E-state index contributed by atoms with van der Waals surface area (Å²) >= 11 is 5.78. The Kier molecular flexibility index (Phi) is 7.88. The van der Waals surface area contributed by atoms with Crippen LogP contribution in [0.2, 0.25) is 5.02 Å². The van der Waals surface area contributed by atoms with Crippen molar-refractivity contribution in [2.24, 2.45) is 5.92 Å². The van der Waals surface area contributed by atoms with E-state index < -0.39 is 6.10 Å². The number of hydrogen-bond acceptors (Lipinski definition) is 3. The van der Waals surface area contributed by atoms with E-state index in [4.69, 9.17) is 16.3 Å². The number of hydrogen-bond donors (Lipinski definition) is 2. The second-order valence-corrected chi connectivity index (χ2v) is 5.71. The average Bonchev–Trinajstić information content (AvgIpc) is 2.39. The van der Waals surface area contributed by atoms with E-state index in [0.29, 0.717) is 17.5 Å². The van der Waals surface area contributed by atoms with E-state index in [9.17, 15) is 9.50 Å². The van der Waals surface area contributed by atoms with Crippen molar-refractivity contribution in [3.05, 3.63) is 29.0 Å². The second-order valence-electron chi connectivity index (χ2n) is 5.27. The Balaban J connectivity index is 2.19. The fraction of sp³-hybridized carbons (Fsp3) is 0.600. The molecule has 114 valence electrons. The summed E-state index contributed by atoms with van der Waals surface area (Å²) in [6, 6.07) is 4.27. The lowest BCUT2D eigenvalue weighted by Gasteiger charge is -2.14. The normalized spacial score (nSPS) is 12.7. The molecule has 0 spiro atoms. The zero-order valence-corrected chi connectivity index (χ0v) is 12.8. The highest BCUT2D eigenvalue weighted by atomic mass is 35.5. The van der Waals surface area contributed by atoms with Crippen LogP contribution in [0.15, 0.2) is 18.2 Å². The fourth-order valence-electron chi connectivity index (χ4n) is 1.73. The van der Waals surface area contributed by atoms with Crippen molar-refractivity contribution >= 4 is 17.3 Å². The Hall–Kier alpha value is -0.840. The molecule has 3 nitrogen and oxygen atoms in total. The number of ether oxygens (including phenoxy) is 1. The van der Waals surface area contributed by atoms with Gasteiger partial charge in [0.05, 0.1) is 18.4 Å². The molecule has 0 aliphatic heterocycles. The number of rotatable bonds is 9. The molecule has 2 N–H and O–H groups in total. The van der Waals surface area contributed by atoms with Gasteiger partial charge < -0.3 is 15.2 Å². The smallest absolute Gasteiger partial charge is 0.146 e. The molecule has 0 aliphatic carbocycles. The fourth-order valence-corrected chi connectivity index (χ4v) is 1.90. The zero-order chi connectivity index (χ0) is 15.0. The Morgan fingerprint density at radius 1 is 1.40 bits per heavy atom. The van der Waals surface area contributed by atoms with Gasteiger partial charge in [0.15, 0.2) is 0 Å². The van der Waals surface area contributed by atoms with Crippen LogP contribution in [0.5, 0.6) is 0 Å². The summed E-state index contributed by atoms with van der Waals surface area (Å²) in [5.74, 6) is 0.274. The molecule has 1 unspecified atom stereocenters. The molecule has 0 heterocycles. The molecule has 1 aromatic rings. The predicted octanol–water partition coefficient (Wildman–Crippen LogP) is 3.70. The SMILES string of the molecule is CC(C)CCCOCC(O)CNc1cc(Cl)ccc1F. The van der Waals surface area contributed by atoms with E-state index in [1.165, 1.54) is 18.2 Å². The van der Waals surface area contributed by atoms with Crippen molar-refractivity contribution in [1.29, 1.82) is 0 Å². The van der Waals surface area contributed by atoms with E-state index in [1.54, 1.807) is 0 Å². The highest BCUT2D eigenvalue weighted by molar-refractivity contribution is 6.30. The van der Waals surface area contributed by atoms with Crippen molar-refractivity contribution in [2.75, 3.05) is 25.1 Å². The maximum atomic E-state index is 13.4. The summed E-state index contributed by atoms with van der Waals surface area (Å²) in [7, 11) is 0. The molecule has 0 aliphatic rings. The van der Waals surface area contributed by atoms with Crippen LogP contribution < -0.4 is 5.32 Å². The number of halogens is 2. The molecule has 1 rings (SSSR count). The first-order chi connectivity index (χ1) is 9.49. The molecule has 0 fully saturated rings. The minimum Gasteiger partial charge on any atom is -0.389 e. The quantitative estimate of drug-likeness (QED) is 0.683. The van der Waals surface area contributed by atoms with E-state index in [2.05, 4.69) is 19.2 Å². The van der Waals surface area contributed by atoms with Crippen molar-refractivity contribution in [2.45, 2.75) is 32.8 Å². The average molecular weight is 304 g/mol. The monoisotopic (exact) mass is 303 g/mol. The first kappa shape index (κ1) is 17.2. The number of benzene rings is 1. The first-order valence-electron chi connectivity index (χ1n) is 6.93. The van der Waals surface area contributed by atoms with Crippen molar-refractivity contribution < 1.29 is 14.2 Å². The van der Waals surface area contributed by atoms with Gasteiger partial charge in [0.25, 0.3) is 0 Å². The second kappa shape index (κ2) is 9.16. The molecule has 0 amide bonds. The molecule has 0 saturated carbocycles. The molecule has 0 saturated heterocycles. The maximum absolute atomic E-state index is 13.4. The Labute approximate surface area is 125 Å². The molecule has 0 bridgehead atoms. The highest BCUT2D eigenvalue weighted by Gasteiger charge is 2.07. The minimum absolute atomic E-state index is 0.224. The van der Waals surface area contributed by atoms with Crippen LogP contribution in [-0.2, 0) is 4.74 Å². The van der Waals surface area contributed by atoms with Gasteiger partial charge in [-0.15, -0.1) is 0 Å².